The second-order valence-corrected chi connectivity index (χ2v) is 6.97. The van der Waals surface area contributed by atoms with Gasteiger partial charge < -0.3 is 14.8 Å². The van der Waals surface area contributed by atoms with Gasteiger partial charge in [-0.15, -0.1) is 10.2 Å². The number of halogens is 1. The van der Waals surface area contributed by atoms with Crippen LogP contribution >= 0.6 is 11.3 Å². The minimum absolute atomic E-state index is 0.288. The molecule has 3 aromatic rings. The molecule has 1 heterocycles. The SMILES string of the molecule is COc1cc(C(=O)Nc2nnc(C)s2)ccc1OCC(=O)Nc1ccc(F)cc1. The molecule has 0 aliphatic rings. The number of rotatable bonds is 7. The number of anilines is 2. The van der Waals surface area contributed by atoms with E-state index in [0.29, 0.717) is 27.9 Å². The average Bonchev–Trinajstić information content (AvgIpc) is 3.12. The molecule has 0 atom stereocenters. The van der Waals surface area contributed by atoms with E-state index in [-0.39, 0.29) is 12.5 Å². The molecule has 0 radical (unpaired) electrons. The molecule has 0 unspecified atom stereocenters. The quantitative estimate of drug-likeness (QED) is 0.613. The highest BCUT2D eigenvalue weighted by Gasteiger charge is 2.14. The molecule has 0 aliphatic carbocycles. The maximum atomic E-state index is 12.9. The van der Waals surface area contributed by atoms with Gasteiger partial charge in [-0.3, -0.25) is 14.9 Å². The Hall–Kier alpha value is -3.53. The molecule has 2 aromatic carbocycles. The third kappa shape index (κ3) is 5.48. The van der Waals surface area contributed by atoms with Crippen LogP contribution in [-0.4, -0.2) is 35.7 Å². The Bertz CT molecular complexity index is 1020. The van der Waals surface area contributed by atoms with Crippen LogP contribution in [0.2, 0.25) is 0 Å². The number of nitrogens with zero attached hydrogens (tertiary/aromatic N) is 2. The average molecular weight is 416 g/mol. The lowest BCUT2D eigenvalue weighted by atomic mass is 10.2. The van der Waals surface area contributed by atoms with E-state index >= 15 is 0 Å². The molecular weight excluding hydrogens is 399 g/mol. The maximum Gasteiger partial charge on any atom is 0.262 e. The number of hydrogen-bond donors (Lipinski definition) is 2. The number of aromatic nitrogens is 2. The largest absolute Gasteiger partial charge is 0.493 e. The molecule has 2 N–H and O–H groups in total. The van der Waals surface area contributed by atoms with Gasteiger partial charge in [0.2, 0.25) is 5.13 Å². The first-order valence-electron chi connectivity index (χ1n) is 8.42. The van der Waals surface area contributed by atoms with Gasteiger partial charge in [0.15, 0.2) is 18.1 Å². The summed E-state index contributed by atoms with van der Waals surface area (Å²) in [5.41, 5.74) is 0.781. The van der Waals surface area contributed by atoms with Crippen LogP contribution in [0.3, 0.4) is 0 Å². The number of nitrogens with one attached hydrogen (secondary N) is 2. The minimum atomic E-state index is -0.424. The third-order valence-electron chi connectivity index (χ3n) is 3.66. The Labute approximate surface area is 169 Å². The van der Waals surface area contributed by atoms with E-state index in [1.165, 1.54) is 54.8 Å². The lowest BCUT2D eigenvalue weighted by Gasteiger charge is -2.12. The first kappa shape index (κ1) is 20.2. The van der Waals surface area contributed by atoms with Crippen molar-refractivity contribution in [1.29, 1.82) is 0 Å². The fraction of sp³-hybridized carbons (Fsp3) is 0.158. The Morgan fingerprint density at radius 1 is 1.07 bits per heavy atom. The number of ether oxygens (including phenoxy) is 2. The highest BCUT2D eigenvalue weighted by Crippen LogP contribution is 2.28. The second kappa shape index (κ2) is 9.11. The molecular formula is C19H17FN4O4S. The summed E-state index contributed by atoms with van der Waals surface area (Å²) in [6, 6.07) is 9.94. The van der Waals surface area contributed by atoms with Crippen molar-refractivity contribution in [2.45, 2.75) is 6.92 Å². The van der Waals surface area contributed by atoms with E-state index in [2.05, 4.69) is 20.8 Å². The Balaban J connectivity index is 1.61. The van der Waals surface area contributed by atoms with Crippen LogP contribution in [0.5, 0.6) is 11.5 Å². The van der Waals surface area contributed by atoms with Gasteiger partial charge in [0, 0.05) is 11.3 Å². The molecule has 1 aromatic heterocycles. The summed E-state index contributed by atoms with van der Waals surface area (Å²) in [5.74, 6) is -0.604. The first-order valence-corrected chi connectivity index (χ1v) is 9.24. The van der Waals surface area contributed by atoms with Crippen LogP contribution in [0.25, 0.3) is 0 Å². The van der Waals surface area contributed by atoms with Crippen molar-refractivity contribution in [3.8, 4) is 11.5 Å². The molecule has 0 aliphatic heterocycles. The van der Waals surface area contributed by atoms with Gasteiger partial charge >= 0.3 is 0 Å². The predicted octanol–water partition coefficient (Wildman–Crippen LogP) is 3.26. The smallest absolute Gasteiger partial charge is 0.262 e. The van der Waals surface area contributed by atoms with Crippen molar-refractivity contribution >= 4 is 34.0 Å². The van der Waals surface area contributed by atoms with E-state index in [1.54, 1.807) is 13.0 Å². The van der Waals surface area contributed by atoms with Crippen LogP contribution in [0.15, 0.2) is 42.5 Å². The Morgan fingerprint density at radius 3 is 2.48 bits per heavy atom. The number of carbonyl (C=O) groups excluding carboxylic acids is 2. The van der Waals surface area contributed by atoms with E-state index in [0.717, 1.165) is 5.01 Å². The maximum absolute atomic E-state index is 12.9. The summed E-state index contributed by atoms with van der Waals surface area (Å²) in [7, 11) is 1.43. The van der Waals surface area contributed by atoms with Crippen molar-refractivity contribution in [1.82, 2.24) is 10.2 Å². The van der Waals surface area contributed by atoms with E-state index in [9.17, 15) is 14.0 Å². The first-order chi connectivity index (χ1) is 13.9. The Kier molecular flexibility index (Phi) is 6.35. The highest BCUT2D eigenvalue weighted by molar-refractivity contribution is 7.15. The van der Waals surface area contributed by atoms with Gasteiger partial charge in [0.05, 0.1) is 7.11 Å². The van der Waals surface area contributed by atoms with Gasteiger partial charge in [0.1, 0.15) is 10.8 Å². The molecule has 3 rings (SSSR count). The number of aryl methyl sites for hydroxylation is 1. The van der Waals surface area contributed by atoms with Gasteiger partial charge in [0.25, 0.3) is 11.8 Å². The summed E-state index contributed by atoms with van der Waals surface area (Å²) in [6.45, 7) is 1.50. The molecule has 29 heavy (non-hydrogen) atoms. The zero-order valence-corrected chi connectivity index (χ0v) is 16.4. The summed E-state index contributed by atoms with van der Waals surface area (Å²) < 4.78 is 23.6. The zero-order valence-electron chi connectivity index (χ0n) is 15.6. The number of benzene rings is 2. The topological polar surface area (TPSA) is 102 Å². The molecule has 10 heteroatoms. The molecule has 2 amide bonds. The van der Waals surface area contributed by atoms with Gasteiger partial charge in [-0.05, 0) is 49.4 Å². The minimum Gasteiger partial charge on any atom is -0.493 e. The van der Waals surface area contributed by atoms with E-state index in [1.807, 2.05) is 0 Å². The van der Waals surface area contributed by atoms with E-state index < -0.39 is 11.7 Å². The van der Waals surface area contributed by atoms with Crippen molar-refractivity contribution in [2.24, 2.45) is 0 Å². The molecule has 150 valence electrons. The summed E-state index contributed by atoms with van der Waals surface area (Å²) in [6.07, 6.45) is 0. The lowest BCUT2D eigenvalue weighted by Crippen LogP contribution is -2.20. The highest BCUT2D eigenvalue weighted by atomic mass is 32.1. The van der Waals surface area contributed by atoms with Crippen molar-refractivity contribution < 1.29 is 23.5 Å². The van der Waals surface area contributed by atoms with Crippen molar-refractivity contribution in [3.63, 3.8) is 0 Å². The standard InChI is InChI=1S/C19H17FN4O4S/c1-11-23-24-19(29-11)22-18(26)12-3-8-15(16(9-12)27-2)28-10-17(25)21-14-6-4-13(20)5-7-14/h3-9H,10H2,1-2H3,(H,21,25)(H,22,24,26). The molecule has 0 fully saturated rings. The molecule has 0 bridgehead atoms. The number of carbonyl (C=O) groups is 2. The van der Waals surface area contributed by atoms with Crippen LogP contribution in [0.1, 0.15) is 15.4 Å². The molecule has 8 nitrogen and oxygen atoms in total. The fourth-order valence-corrected chi connectivity index (χ4v) is 2.90. The van der Waals surface area contributed by atoms with Crippen LogP contribution < -0.4 is 20.1 Å². The van der Waals surface area contributed by atoms with Gasteiger partial charge in [-0.25, -0.2) is 4.39 Å². The Morgan fingerprint density at radius 2 is 1.83 bits per heavy atom. The van der Waals surface area contributed by atoms with Crippen LogP contribution in [-0.2, 0) is 4.79 Å². The van der Waals surface area contributed by atoms with Crippen LogP contribution in [0.4, 0.5) is 15.2 Å². The molecule has 0 saturated carbocycles. The second-order valence-electron chi connectivity index (χ2n) is 5.79. The summed E-state index contributed by atoms with van der Waals surface area (Å²) in [4.78, 5) is 24.3. The predicted molar refractivity (Wildman–Crippen MR) is 106 cm³/mol. The third-order valence-corrected chi connectivity index (χ3v) is 4.41. The van der Waals surface area contributed by atoms with Gasteiger partial charge in [-0.1, -0.05) is 11.3 Å². The lowest BCUT2D eigenvalue weighted by molar-refractivity contribution is -0.118. The number of hydrogen-bond acceptors (Lipinski definition) is 7. The summed E-state index contributed by atoms with van der Waals surface area (Å²) >= 11 is 1.26. The van der Waals surface area contributed by atoms with Crippen molar-refractivity contribution in [3.05, 3.63) is 58.9 Å². The normalized spacial score (nSPS) is 10.3. The zero-order chi connectivity index (χ0) is 20.8. The number of methoxy groups -OCH3 is 1. The van der Waals surface area contributed by atoms with Crippen molar-refractivity contribution in [2.75, 3.05) is 24.4 Å². The fourth-order valence-electron chi connectivity index (χ4n) is 2.32. The monoisotopic (exact) mass is 416 g/mol. The van der Waals surface area contributed by atoms with Crippen LogP contribution in [0, 0.1) is 12.7 Å². The summed E-state index contributed by atoms with van der Waals surface area (Å²) in [5, 5.41) is 14.1. The molecule has 0 saturated heterocycles. The van der Waals surface area contributed by atoms with E-state index in [4.69, 9.17) is 9.47 Å². The number of amides is 2. The molecule has 0 spiro atoms. The van der Waals surface area contributed by atoms with Gasteiger partial charge in [-0.2, -0.15) is 0 Å².